The molecule has 0 aliphatic carbocycles. The van der Waals surface area contributed by atoms with Crippen LogP contribution in [0, 0.1) is 19.7 Å². The van der Waals surface area contributed by atoms with E-state index in [0.29, 0.717) is 5.56 Å². The molecule has 6 nitrogen and oxygen atoms in total. The molecule has 7 heteroatoms. The van der Waals surface area contributed by atoms with Crippen LogP contribution in [0.2, 0.25) is 0 Å². The monoisotopic (exact) mass is 390 g/mol. The highest BCUT2D eigenvalue weighted by molar-refractivity contribution is 6.13. The third-order valence-electron chi connectivity index (χ3n) is 4.86. The van der Waals surface area contributed by atoms with Gasteiger partial charge in [0.1, 0.15) is 17.3 Å². The molecule has 29 heavy (non-hydrogen) atoms. The second kappa shape index (κ2) is 7.35. The Morgan fingerprint density at radius 3 is 2.55 bits per heavy atom. The van der Waals surface area contributed by atoms with Crippen LogP contribution in [0.1, 0.15) is 22.5 Å². The fourth-order valence-electron chi connectivity index (χ4n) is 3.42. The van der Waals surface area contributed by atoms with Crippen LogP contribution in [0.15, 0.2) is 60.4 Å². The Balaban J connectivity index is 1.62. The van der Waals surface area contributed by atoms with Crippen molar-refractivity contribution >= 4 is 18.0 Å². The first-order chi connectivity index (χ1) is 13.9. The van der Waals surface area contributed by atoms with Gasteiger partial charge in [0.15, 0.2) is 0 Å². The number of nitrogens with one attached hydrogen (secondary N) is 1. The Morgan fingerprint density at radius 1 is 1.10 bits per heavy atom. The number of hydrogen-bond donors (Lipinski definition) is 1. The standard InChI is InChI=1S/C22H19FN4O2/c1-14-11-17(15(2)27(14)20-5-3-4-10-24-20)12-19-21(28)26(22(29)25-19)13-16-6-8-18(23)9-7-16/h3-12H,13H2,1-2H3,(H,25,29). The molecule has 1 aliphatic rings. The van der Waals surface area contributed by atoms with E-state index in [-0.39, 0.29) is 18.1 Å². The Hall–Kier alpha value is -3.74. The molecule has 4 rings (SSSR count). The minimum Gasteiger partial charge on any atom is -0.303 e. The summed E-state index contributed by atoms with van der Waals surface area (Å²) in [6, 6.07) is 12.8. The molecule has 3 heterocycles. The number of imide groups is 1. The van der Waals surface area contributed by atoms with E-state index in [9.17, 15) is 14.0 Å². The highest BCUT2D eigenvalue weighted by Gasteiger charge is 2.33. The van der Waals surface area contributed by atoms with E-state index in [1.165, 1.54) is 12.1 Å². The van der Waals surface area contributed by atoms with Crippen molar-refractivity contribution in [3.8, 4) is 5.82 Å². The van der Waals surface area contributed by atoms with Gasteiger partial charge in [-0.05, 0) is 61.4 Å². The van der Waals surface area contributed by atoms with Gasteiger partial charge in [-0.1, -0.05) is 18.2 Å². The molecular formula is C22H19FN4O2. The van der Waals surface area contributed by atoms with Crippen molar-refractivity contribution in [3.05, 3.63) is 88.8 Å². The largest absolute Gasteiger partial charge is 0.329 e. The minimum absolute atomic E-state index is 0.0786. The molecule has 1 N–H and O–H groups in total. The molecule has 3 aromatic rings. The van der Waals surface area contributed by atoms with Crippen molar-refractivity contribution in [3.63, 3.8) is 0 Å². The lowest BCUT2D eigenvalue weighted by atomic mass is 10.2. The van der Waals surface area contributed by atoms with Crippen LogP contribution < -0.4 is 5.32 Å². The Morgan fingerprint density at radius 2 is 1.86 bits per heavy atom. The van der Waals surface area contributed by atoms with Crippen LogP contribution in [0.25, 0.3) is 11.9 Å². The second-order valence-corrected chi connectivity index (χ2v) is 6.86. The average Bonchev–Trinajstić information content (AvgIpc) is 3.14. The molecule has 0 saturated carbocycles. The smallest absolute Gasteiger partial charge is 0.303 e. The number of aromatic nitrogens is 2. The van der Waals surface area contributed by atoms with Gasteiger partial charge in [-0.25, -0.2) is 14.2 Å². The van der Waals surface area contributed by atoms with Crippen LogP contribution in [0.3, 0.4) is 0 Å². The van der Waals surface area contributed by atoms with Crippen molar-refractivity contribution in [2.24, 2.45) is 0 Å². The number of hydrogen-bond acceptors (Lipinski definition) is 3. The summed E-state index contributed by atoms with van der Waals surface area (Å²) in [5.74, 6) is 0.00336. The van der Waals surface area contributed by atoms with Gasteiger partial charge in [0, 0.05) is 17.6 Å². The number of amides is 3. The van der Waals surface area contributed by atoms with Gasteiger partial charge in [0.2, 0.25) is 0 Å². The van der Waals surface area contributed by atoms with E-state index < -0.39 is 11.9 Å². The number of halogens is 1. The molecule has 146 valence electrons. The molecule has 0 spiro atoms. The molecule has 1 aliphatic heterocycles. The van der Waals surface area contributed by atoms with Gasteiger partial charge in [0.25, 0.3) is 5.91 Å². The van der Waals surface area contributed by atoms with Gasteiger partial charge < -0.3 is 9.88 Å². The summed E-state index contributed by atoms with van der Waals surface area (Å²) < 4.78 is 15.1. The molecule has 1 saturated heterocycles. The quantitative estimate of drug-likeness (QED) is 0.545. The van der Waals surface area contributed by atoms with Crippen LogP contribution in [0.4, 0.5) is 9.18 Å². The molecule has 3 amide bonds. The summed E-state index contributed by atoms with van der Waals surface area (Å²) in [6.45, 7) is 3.97. The summed E-state index contributed by atoms with van der Waals surface area (Å²) in [5.41, 5.74) is 3.57. The zero-order valence-corrected chi connectivity index (χ0v) is 16.0. The van der Waals surface area contributed by atoms with E-state index in [2.05, 4.69) is 10.3 Å². The average molecular weight is 390 g/mol. The SMILES string of the molecule is Cc1cc(C=C2NC(=O)N(Cc3ccc(F)cc3)C2=O)c(C)n1-c1ccccn1. The Kier molecular flexibility index (Phi) is 4.72. The topological polar surface area (TPSA) is 67.2 Å². The third-order valence-corrected chi connectivity index (χ3v) is 4.86. The summed E-state index contributed by atoms with van der Waals surface area (Å²) in [4.78, 5) is 30.5. The number of carbonyl (C=O) groups is 2. The molecule has 0 radical (unpaired) electrons. The van der Waals surface area contributed by atoms with Crippen molar-refractivity contribution < 1.29 is 14.0 Å². The maximum atomic E-state index is 13.1. The van der Waals surface area contributed by atoms with Crippen LogP contribution in [-0.4, -0.2) is 26.4 Å². The predicted molar refractivity (Wildman–Crippen MR) is 106 cm³/mol. The van der Waals surface area contributed by atoms with Gasteiger partial charge in [-0.3, -0.25) is 9.69 Å². The number of rotatable bonds is 4. The zero-order chi connectivity index (χ0) is 20.5. The molecule has 1 fully saturated rings. The molecular weight excluding hydrogens is 371 g/mol. The molecule has 0 unspecified atom stereocenters. The highest BCUT2D eigenvalue weighted by atomic mass is 19.1. The number of carbonyl (C=O) groups excluding carboxylic acids is 2. The second-order valence-electron chi connectivity index (χ2n) is 6.86. The Bertz CT molecular complexity index is 1120. The van der Waals surface area contributed by atoms with Crippen molar-refractivity contribution in [1.29, 1.82) is 0 Å². The molecule has 1 aromatic carbocycles. The van der Waals surface area contributed by atoms with Crippen molar-refractivity contribution in [1.82, 2.24) is 19.8 Å². The summed E-state index contributed by atoms with van der Waals surface area (Å²) >= 11 is 0. The van der Waals surface area contributed by atoms with E-state index >= 15 is 0 Å². The van der Waals surface area contributed by atoms with Crippen LogP contribution >= 0.6 is 0 Å². The number of benzene rings is 1. The van der Waals surface area contributed by atoms with Gasteiger partial charge in [0.05, 0.1) is 6.54 Å². The first-order valence-electron chi connectivity index (χ1n) is 9.13. The van der Waals surface area contributed by atoms with E-state index in [1.54, 1.807) is 24.4 Å². The normalized spacial score (nSPS) is 15.3. The van der Waals surface area contributed by atoms with Crippen molar-refractivity contribution in [2.45, 2.75) is 20.4 Å². The fourth-order valence-corrected chi connectivity index (χ4v) is 3.42. The summed E-state index contributed by atoms with van der Waals surface area (Å²) in [6.07, 6.45) is 3.40. The van der Waals surface area contributed by atoms with E-state index in [1.807, 2.05) is 42.7 Å². The van der Waals surface area contributed by atoms with Crippen LogP contribution in [-0.2, 0) is 11.3 Å². The maximum absolute atomic E-state index is 13.1. The molecule has 2 aromatic heterocycles. The lowest BCUT2D eigenvalue weighted by Crippen LogP contribution is -2.30. The lowest BCUT2D eigenvalue weighted by molar-refractivity contribution is -0.123. The predicted octanol–water partition coefficient (Wildman–Crippen LogP) is 3.72. The van der Waals surface area contributed by atoms with Gasteiger partial charge in [-0.15, -0.1) is 0 Å². The number of aryl methyl sites for hydroxylation is 1. The first kappa shape index (κ1) is 18.6. The minimum atomic E-state index is -0.496. The third kappa shape index (κ3) is 3.54. The molecule has 0 atom stereocenters. The number of urea groups is 1. The van der Waals surface area contributed by atoms with Crippen LogP contribution in [0.5, 0.6) is 0 Å². The zero-order valence-electron chi connectivity index (χ0n) is 16.0. The molecule has 0 bridgehead atoms. The van der Waals surface area contributed by atoms with Gasteiger partial charge in [-0.2, -0.15) is 0 Å². The maximum Gasteiger partial charge on any atom is 0.329 e. The van der Waals surface area contributed by atoms with E-state index in [0.717, 1.165) is 27.7 Å². The van der Waals surface area contributed by atoms with Crippen molar-refractivity contribution in [2.75, 3.05) is 0 Å². The highest BCUT2D eigenvalue weighted by Crippen LogP contribution is 2.23. The fraction of sp³-hybridized carbons (Fsp3) is 0.136. The summed E-state index contributed by atoms with van der Waals surface area (Å²) in [7, 11) is 0. The summed E-state index contributed by atoms with van der Waals surface area (Å²) in [5, 5.41) is 2.63. The number of nitrogens with zero attached hydrogens (tertiary/aromatic N) is 3. The Labute approximate surface area is 167 Å². The van der Waals surface area contributed by atoms with E-state index in [4.69, 9.17) is 0 Å². The lowest BCUT2D eigenvalue weighted by Gasteiger charge is -2.11. The first-order valence-corrected chi connectivity index (χ1v) is 9.13. The number of pyridine rings is 1. The van der Waals surface area contributed by atoms with Gasteiger partial charge >= 0.3 is 6.03 Å².